The minimum atomic E-state index is 0.638. The minimum Gasteiger partial charge on any atom is -0.292 e. The number of nitrogens with zero attached hydrogens (tertiary/aromatic N) is 3. The van der Waals surface area contributed by atoms with Crippen LogP contribution in [0.15, 0.2) is 140 Å². The number of imidazole rings is 1. The van der Waals surface area contributed by atoms with Crippen molar-refractivity contribution >= 4 is 38.4 Å². The van der Waals surface area contributed by atoms with Gasteiger partial charge in [0.1, 0.15) is 5.65 Å². The summed E-state index contributed by atoms with van der Waals surface area (Å²) in [5, 5.41) is 13.0. The summed E-state index contributed by atoms with van der Waals surface area (Å²) in [5.41, 5.74) is 11.7. The van der Waals surface area contributed by atoms with Crippen molar-refractivity contribution in [2.45, 2.75) is 0 Å². The third-order valence-corrected chi connectivity index (χ3v) is 8.02. The van der Waals surface area contributed by atoms with Gasteiger partial charge in [0.15, 0.2) is 0 Å². The number of fused-ring (bicyclic) bond motifs is 8. The molecule has 0 unspecified atom stereocenters. The number of hydrogen-bond acceptors (Lipinski definition) is 2. The van der Waals surface area contributed by atoms with Gasteiger partial charge < -0.3 is 0 Å². The minimum absolute atomic E-state index is 0.638. The maximum atomic E-state index is 9.63. The molecule has 0 saturated heterocycles. The predicted molar refractivity (Wildman–Crippen MR) is 169 cm³/mol. The van der Waals surface area contributed by atoms with Crippen molar-refractivity contribution in [3.05, 3.63) is 145 Å². The Kier molecular flexibility index (Phi) is 5.20. The molecule has 0 bridgehead atoms. The van der Waals surface area contributed by atoms with Crippen LogP contribution in [-0.4, -0.2) is 9.38 Å². The Hall–Kier alpha value is -5.72. The maximum absolute atomic E-state index is 9.63. The van der Waals surface area contributed by atoms with E-state index in [0.29, 0.717) is 5.56 Å². The number of para-hydroxylation sites is 2. The highest BCUT2D eigenvalue weighted by Crippen LogP contribution is 2.36. The monoisotopic (exact) mass is 521 g/mol. The average Bonchev–Trinajstić information content (AvgIpc) is 3.45. The highest BCUT2D eigenvalue weighted by atomic mass is 15.0. The standard InChI is InChI=1S/C38H23N3/c39-24-25-10-20-32-34-23-31(19-21-33(34)38-40-35-8-4-5-9-36(35)41(38)37(32)22-25)30-17-15-29(16-18-30)28-13-11-27(12-14-28)26-6-2-1-3-7-26/h1-23H. The Labute approximate surface area is 237 Å². The van der Waals surface area contributed by atoms with E-state index in [-0.39, 0.29) is 0 Å². The molecule has 0 amide bonds. The first-order chi connectivity index (χ1) is 20.3. The van der Waals surface area contributed by atoms with Gasteiger partial charge in [0.05, 0.1) is 28.2 Å². The molecule has 3 heteroatoms. The van der Waals surface area contributed by atoms with Gasteiger partial charge in [-0.2, -0.15) is 5.26 Å². The van der Waals surface area contributed by atoms with Crippen molar-refractivity contribution in [3.63, 3.8) is 0 Å². The van der Waals surface area contributed by atoms with Gasteiger partial charge in [-0.1, -0.05) is 103 Å². The quantitative estimate of drug-likeness (QED) is 0.217. The molecule has 0 aliphatic heterocycles. The predicted octanol–water partition coefficient (Wildman–Crippen LogP) is 9.67. The molecule has 2 heterocycles. The van der Waals surface area contributed by atoms with Crippen molar-refractivity contribution in [2.75, 3.05) is 0 Å². The van der Waals surface area contributed by atoms with Crippen LogP contribution in [0.1, 0.15) is 5.56 Å². The van der Waals surface area contributed by atoms with Crippen LogP contribution in [0.5, 0.6) is 0 Å². The van der Waals surface area contributed by atoms with Crippen LogP contribution < -0.4 is 0 Å². The highest BCUT2D eigenvalue weighted by molar-refractivity contribution is 6.15. The van der Waals surface area contributed by atoms with E-state index < -0.39 is 0 Å². The molecule has 6 aromatic carbocycles. The van der Waals surface area contributed by atoms with E-state index in [1.54, 1.807) is 0 Å². The second kappa shape index (κ2) is 9.19. The zero-order valence-electron chi connectivity index (χ0n) is 22.1. The summed E-state index contributed by atoms with van der Waals surface area (Å²) >= 11 is 0. The molecule has 0 aliphatic carbocycles. The van der Waals surface area contributed by atoms with E-state index in [9.17, 15) is 5.26 Å². The molecule has 2 aromatic heterocycles. The van der Waals surface area contributed by atoms with Crippen LogP contribution in [0.2, 0.25) is 0 Å². The molecule has 0 saturated carbocycles. The summed E-state index contributed by atoms with van der Waals surface area (Å²) in [5.74, 6) is 0. The van der Waals surface area contributed by atoms with Gasteiger partial charge in [0.2, 0.25) is 0 Å². The first-order valence-electron chi connectivity index (χ1n) is 13.7. The van der Waals surface area contributed by atoms with Crippen molar-refractivity contribution in [1.29, 1.82) is 5.26 Å². The van der Waals surface area contributed by atoms with Crippen molar-refractivity contribution in [1.82, 2.24) is 9.38 Å². The molecule has 0 fully saturated rings. The van der Waals surface area contributed by atoms with Crippen molar-refractivity contribution < 1.29 is 0 Å². The maximum Gasteiger partial charge on any atom is 0.146 e. The fraction of sp³-hybridized carbons (Fsp3) is 0. The summed E-state index contributed by atoms with van der Waals surface area (Å²) in [6.45, 7) is 0. The molecule has 8 aromatic rings. The zero-order valence-corrected chi connectivity index (χ0v) is 22.1. The Balaban J connectivity index is 1.23. The summed E-state index contributed by atoms with van der Waals surface area (Å²) in [4.78, 5) is 5.00. The van der Waals surface area contributed by atoms with Gasteiger partial charge in [0.25, 0.3) is 0 Å². The second-order valence-electron chi connectivity index (χ2n) is 10.4. The van der Waals surface area contributed by atoms with Gasteiger partial charge in [-0.15, -0.1) is 0 Å². The van der Waals surface area contributed by atoms with Crippen LogP contribution in [0.4, 0.5) is 0 Å². The van der Waals surface area contributed by atoms with E-state index in [1.165, 1.54) is 22.3 Å². The lowest BCUT2D eigenvalue weighted by Crippen LogP contribution is -1.93. The molecule has 41 heavy (non-hydrogen) atoms. The molecule has 0 atom stereocenters. The van der Waals surface area contributed by atoms with Gasteiger partial charge in [-0.05, 0) is 75.2 Å². The van der Waals surface area contributed by atoms with Crippen molar-refractivity contribution in [2.24, 2.45) is 0 Å². The first kappa shape index (κ1) is 23.2. The molecule has 3 nitrogen and oxygen atoms in total. The van der Waals surface area contributed by atoms with E-state index >= 15 is 0 Å². The molecular weight excluding hydrogens is 498 g/mol. The highest BCUT2D eigenvalue weighted by Gasteiger charge is 2.15. The second-order valence-corrected chi connectivity index (χ2v) is 10.4. The smallest absolute Gasteiger partial charge is 0.146 e. The molecule has 0 spiro atoms. The van der Waals surface area contributed by atoms with Crippen LogP contribution in [0.3, 0.4) is 0 Å². The number of rotatable bonds is 3. The molecule has 0 N–H and O–H groups in total. The Morgan fingerprint density at radius 3 is 1.71 bits per heavy atom. The Morgan fingerprint density at radius 2 is 1.02 bits per heavy atom. The van der Waals surface area contributed by atoms with E-state index in [1.807, 2.05) is 36.4 Å². The summed E-state index contributed by atoms with van der Waals surface area (Å²) in [6.07, 6.45) is 0. The van der Waals surface area contributed by atoms with Crippen LogP contribution in [0.25, 0.3) is 71.7 Å². The van der Waals surface area contributed by atoms with E-state index in [2.05, 4.69) is 114 Å². The Bertz CT molecular complexity index is 2290. The van der Waals surface area contributed by atoms with Gasteiger partial charge >= 0.3 is 0 Å². The first-order valence-corrected chi connectivity index (χ1v) is 13.7. The molecule has 8 rings (SSSR count). The Morgan fingerprint density at radius 1 is 0.463 bits per heavy atom. The molecule has 190 valence electrons. The normalized spacial score (nSPS) is 11.4. The number of aromatic nitrogens is 2. The summed E-state index contributed by atoms with van der Waals surface area (Å²) in [6, 6.07) is 51.0. The lowest BCUT2D eigenvalue weighted by molar-refractivity contribution is 1.31. The summed E-state index contributed by atoms with van der Waals surface area (Å²) in [7, 11) is 0. The fourth-order valence-electron chi connectivity index (χ4n) is 5.95. The third kappa shape index (κ3) is 3.77. The van der Waals surface area contributed by atoms with Gasteiger partial charge in [-0.25, -0.2) is 4.98 Å². The SMILES string of the molecule is N#Cc1ccc2c3cc(-c4ccc(-c5ccc(-c6ccccc6)cc5)cc4)ccc3c3nc4ccccc4n3c2c1. The largest absolute Gasteiger partial charge is 0.292 e. The number of nitriles is 1. The third-order valence-electron chi connectivity index (χ3n) is 8.02. The number of pyridine rings is 1. The molecule has 0 aliphatic rings. The lowest BCUT2D eigenvalue weighted by atomic mass is 9.96. The fourth-order valence-corrected chi connectivity index (χ4v) is 5.95. The lowest BCUT2D eigenvalue weighted by Gasteiger charge is -2.12. The zero-order chi connectivity index (χ0) is 27.3. The van der Waals surface area contributed by atoms with Crippen LogP contribution in [-0.2, 0) is 0 Å². The topological polar surface area (TPSA) is 41.1 Å². The van der Waals surface area contributed by atoms with Gasteiger partial charge in [0, 0.05) is 10.8 Å². The van der Waals surface area contributed by atoms with E-state index in [0.717, 1.165) is 49.5 Å². The summed E-state index contributed by atoms with van der Waals surface area (Å²) < 4.78 is 2.19. The van der Waals surface area contributed by atoms with E-state index in [4.69, 9.17) is 4.98 Å². The van der Waals surface area contributed by atoms with Crippen LogP contribution in [0, 0.1) is 11.3 Å². The molecule has 0 radical (unpaired) electrons. The van der Waals surface area contributed by atoms with Gasteiger partial charge in [-0.3, -0.25) is 4.40 Å². The van der Waals surface area contributed by atoms with Crippen molar-refractivity contribution in [3.8, 4) is 39.4 Å². The average molecular weight is 522 g/mol. The molecular formula is C38H23N3. The number of benzene rings is 6. The van der Waals surface area contributed by atoms with Crippen LogP contribution >= 0.6 is 0 Å². The number of hydrogen-bond donors (Lipinski definition) is 0.